The molecule has 0 saturated heterocycles. The molecule has 4 rings (SSSR count). The van der Waals surface area contributed by atoms with Crippen LogP contribution < -0.4 is 5.32 Å². The van der Waals surface area contributed by atoms with Gasteiger partial charge in [-0.1, -0.05) is 0 Å². The van der Waals surface area contributed by atoms with Crippen LogP contribution in [0.4, 0.5) is 19.0 Å². The topological polar surface area (TPSA) is 75.3 Å². The average molecular weight is 355 g/mol. The van der Waals surface area contributed by atoms with Crippen LogP contribution in [0, 0.1) is 5.92 Å². The summed E-state index contributed by atoms with van der Waals surface area (Å²) in [5, 5.41) is 21.9. The summed E-state index contributed by atoms with van der Waals surface area (Å²) in [7, 11) is 0. The number of alkyl halides is 3. The second-order valence-electron chi connectivity index (χ2n) is 7.21. The molecule has 2 aliphatic carbocycles. The maximum atomic E-state index is 13.0. The van der Waals surface area contributed by atoms with Gasteiger partial charge < -0.3 is 10.4 Å². The monoisotopic (exact) mass is 355 g/mol. The van der Waals surface area contributed by atoms with E-state index in [4.69, 9.17) is 0 Å². The molecule has 2 N–H and O–H groups in total. The van der Waals surface area contributed by atoms with E-state index in [0.29, 0.717) is 30.2 Å². The second kappa shape index (κ2) is 5.82. The van der Waals surface area contributed by atoms with Crippen molar-refractivity contribution >= 4 is 11.5 Å². The molecule has 2 fully saturated rings. The Hall–Kier alpha value is -1.90. The van der Waals surface area contributed by atoms with Crippen LogP contribution in [0.15, 0.2) is 12.4 Å². The Kier molecular flexibility index (Phi) is 3.86. The van der Waals surface area contributed by atoms with E-state index in [1.165, 1.54) is 0 Å². The normalized spacial score (nSPS) is 27.6. The van der Waals surface area contributed by atoms with Crippen molar-refractivity contribution in [3.8, 4) is 0 Å². The quantitative estimate of drug-likeness (QED) is 0.882. The molecule has 2 aromatic heterocycles. The van der Waals surface area contributed by atoms with E-state index in [1.54, 1.807) is 12.4 Å². The molecule has 0 radical (unpaired) electrons. The molecule has 9 heteroatoms. The average Bonchev–Trinajstić information content (AvgIpc) is 3.31. The molecule has 2 saturated carbocycles. The zero-order valence-corrected chi connectivity index (χ0v) is 13.6. The number of halogens is 3. The summed E-state index contributed by atoms with van der Waals surface area (Å²) < 4.78 is 40.8. The molecule has 2 aliphatic rings. The van der Waals surface area contributed by atoms with Crippen molar-refractivity contribution in [1.29, 1.82) is 0 Å². The Morgan fingerprint density at radius 1 is 1.28 bits per heavy atom. The molecule has 2 unspecified atom stereocenters. The number of nitrogens with zero attached hydrogens (tertiary/aromatic N) is 4. The largest absolute Gasteiger partial charge is 0.391 e. The first-order chi connectivity index (χ1) is 11.9. The van der Waals surface area contributed by atoms with Crippen LogP contribution in [-0.4, -0.2) is 43.0 Å². The molecule has 2 aromatic rings. The Morgan fingerprint density at radius 2 is 2.08 bits per heavy atom. The maximum Gasteiger partial charge on any atom is 0.391 e. The van der Waals surface area contributed by atoms with E-state index in [1.807, 2.05) is 4.40 Å². The molecule has 0 aliphatic heterocycles. The van der Waals surface area contributed by atoms with Crippen LogP contribution in [-0.2, 0) is 0 Å². The van der Waals surface area contributed by atoms with Gasteiger partial charge in [0.15, 0.2) is 5.82 Å². The van der Waals surface area contributed by atoms with Gasteiger partial charge in [0.25, 0.3) is 0 Å². The van der Waals surface area contributed by atoms with Gasteiger partial charge in [0.2, 0.25) is 5.65 Å². The minimum Gasteiger partial charge on any atom is -0.388 e. The number of rotatable bonds is 4. The number of hydrogen-bond acceptors (Lipinski definition) is 5. The van der Waals surface area contributed by atoms with Crippen molar-refractivity contribution in [2.24, 2.45) is 5.92 Å². The van der Waals surface area contributed by atoms with Crippen LogP contribution in [0.2, 0.25) is 0 Å². The molecular formula is C16H20F3N5O. The molecule has 25 heavy (non-hydrogen) atoms. The standard InChI is InChI=1S/C16H20F3N5O/c17-16(18,19)11-2-1-5-15(25,8-11)9-21-12-14-23-22-13(10-3-4-10)24(14)7-6-20-12/h6-7,10-11,25H,1-5,8-9H2,(H,20,21). The predicted octanol–water partition coefficient (Wildman–Crippen LogP) is 2.90. The molecule has 6 nitrogen and oxygen atoms in total. The van der Waals surface area contributed by atoms with Crippen molar-refractivity contribution in [2.75, 3.05) is 11.9 Å². The number of fused-ring (bicyclic) bond motifs is 1. The molecule has 0 bridgehead atoms. The van der Waals surface area contributed by atoms with Gasteiger partial charge in [0, 0.05) is 24.9 Å². The zero-order chi connectivity index (χ0) is 17.7. The highest BCUT2D eigenvalue weighted by Gasteiger charge is 2.47. The predicted molar refractivity (Wildman–Crippen MR) is 84.2 cm³/mol. The summed E-state index contributed by atoms with van der Waals surface area (Å²) in [6, 6.07) is 0. The minimum absolute atomic E-state index is 0.0118. The third-order valence-electron chi connectivity index (χ3n) is 5.16. The van der Waals surface area contributed by atoms with E-state index in [2.05, 4.69) is 20.5 Å². The highest BCUT2D eigenvalue weighted by molar-refractivity contribution is 5.62. The highest BCUT2D eigenvalue weighted by Crippen LogP contribution is 2.42. The fourth-order valence-electron chi connectivity index (χ4n) is 3.62. The number of aromatic nitrogens is 4. The summed E-state index contributed by atoms with van der Waals surface area (Å²) in [5.41, 5.74) is -0.858. The van der Waals surface area contributed by atoms with Crippen molar-refractivity contribution in [1.82, 2.24) is 19.6 Å². The van der Waals surface area contributed by atoms with Gasteiger partial charge >= 0.3 is 6.18 Å². The first-order valence-corrected chi connectivity index (χ1v) is 8.58. The van der Waals surface area contributed by atoms with Crippen molar-refractivity contribution in [2.45, 2.75) is 56.2 Å². The van der Waals surface area contributed by atoms with E-state index < -0.39 is 17.7 Å². The van der Waals surface area contributed by atoms with Gasteiger partial charge in [0.1, 0.15) is 5.82 Å². The summed E-state index contributed by atoms with van der Waals surface area (Å²) in [5.74, 6) is 0.283. The number of aliphatic hydroxyl groups is 1. The van der Waals surface area contributed by atoms with Crippen LogP contribution >= 0.6 is 0 Å². The lowest BCUT2D eigenvalue weighted by atomic mass is 9.77. The summed E-state index contributed by atoms with van der Waals surface area (Å²) in [6.07, 6.45) is 1.79. The Bertz CT molecular complexity index is 773. The maximum absolute atomic E-state index is 13.0. The van der Waals surface area contributed by atoms with Gasteiger partial charge in [-0.2, -0.15) is 13.2 Å². The van der Waals surface area contributed by atoms with E-state index in [0.717, 1.165) is 18.7 Å². The van der Waals surface area contributed by atoms with Crippen molar-refractivity contribution < 1.29 is 18.3 Å². The molecule has 0 amide bonds. The fourth-order valence-corrected chi connectivity index (χ4v) is 3.62. The van der Waals surface area contributed by atoms with Crippen LogP contribution in [0.1, 0.15) is 50.3 Å². The molecule has 2 atom stereocenters. The Morgan fingerprint density at radius 3 is 2.80 bits per heavy atom. The van der Waals surface area contributed by atoms with Gasteiger partial charge in [-0.3, -0.25) is 4.40 Å². The lowest BCUT2D eigenvalue weighted by Crippen LogP contribution is -2.45. The third-order valence-corrected chi connectivity index (χ3v) is 5.16. The number of anilines is 1. The molecule has 0 spiro atoms. The summed E-state index contributed by atoms with van der Waals surface area (Å²) >= 11 is 0. The van der Waals surface area contributed by atoms with Crippen LogP contribution in [0.3, 0.4) is 0 Å². The first-order valence-electron chi connectivity index (χ1n) is 8.58. The smallest absolute Gasteiger partial charge is 0.388 e. The minimum atomic E-state index is -4.27. The summed E-state index contributed by atoms with van der Waals surface area (Å²) in [4.78, 5) is 4.22. The SMILES string of the molecule is OC1(CNc2nccn3c(C4CC4)nnc23)CCCC(C(F)(F)F)C1. The second-order valence-corrected chi connectivity index (χ2v) is 7.21. The lowest BCUT2D eigenvalue weighted by Gasteiger charge is -2.37. The molecule has 136 valence electrons. The Balaban J connectivity index is 1.50. The van der Waals surface area contributed by atoms with Gasteiger partial charge in [-0.05, 0) is 38.5 Å². The molecular weight excluding hydrogens is 335 g/mol. The number of hydrogen-bond donors (Lipinski definition) is 2. The van der Waals surface area contributed by atoms with Gasteiger partial charge in [0.05, 0.1) is 11.5 Å². The van der Waals surface area contributed by atoms with E-state index >= 15 is 0 Å². The first kappa shape index (κ1) is 16.6. The molecule has 0 aromatic carbocycles. The summed E-state index contributed by atoms with van der Waals surface area (Å²) in [6.45, 7) is 0.0118. The van der Waals surface area contributed by atoms with Gasteiger partial charge in [-0.15, -0.1) is 10.2 Å². The lowest BCUT2D eigenvalue weighted by molar-refractivity contribution is -0.199. The van der Waals surface area contributed by atoms with E-state index in [-0.39, 0.29) is 19.4 Å². The molecule has 2 heterocycles. The van der Waals surface area contributed by atoms with Crippen molar-refractivity contribution in [3.63, 3.8) is 0 Å². The fraction of sp³-hybridized carbons (Fsp3) is 0.688. The highest BCUT2D eigenvalue weighted by atomic mass is 19.4. The van der Waals surface area contributed by atoms with Crippen molar-refractivity contribution in [3.05, 3.63) is 18.2 Å². The van der Waals surface area contributed by atoms with Crippen LogP contribution in [0.25, 0.3) is 5.65 Å². The van der Waals surface area contributed by atoms with Gasteiger partial charge in [-0.25, -0.2) is 4.98 Å². The third kappa shape index (κ3) is 3.29. The number of nitrogens with one attached hydrogen (secondary N) is 1. The van der Waals surface area contributed by atoms with E-state index in [9.17, 15) is 18.3 Å². The Labute approximate surface area is 142 Å². The zero-order valence-electron chi connectivity index (χ0n) is 13.6. The van der Waals surface area contributed by atoms with Crippen LogP contribution in [0.5, 0.6) is 0 Å².